The van der Waals surface area contributed by atoms with E-state index in [0.717, 1.165) is 17.5 Å². The summed E-state index contributed by atoms with van der Waals surface area (Å²) < 4.78 is 0. The van der Waals surface area contributed by atoms with Gasteiger partial charge in [0.1, 0.15) is 12.0 Å². The SMILES string of the molecule is O=Cc1ccc(C#Cc2ccccn2)cc1. The fourth-order valence-electron chi connectivity index (χ4n) is 1.22. The number of benzene rings is 1. The first-order valence-electron chi connectivity index (χ1n) is 4.87. The van der Waals surface area contributed by atoms with Crippen molar-refractivity contribution < 1.29 is 4.79 Å². The van der Waals surface area contributed by atoms with Crippen LogP contribution in [0.25, 0.3) is 0 Å². The van der Waals surface area contributed by atoms with Gasteiger partial charge in [0.15, 0.2) is 0 Å². The molecule has 0 bridgehead atoms. The van der Waals surface area contributed by atoms with Crippen molar-refractivity contribution in [3.05, 3.63) is 65.5 Å². The second kappa shape index (κ2) is 4.90. The van der Waals surface area contributed by atoms with Crippen LogP contribution in [0.15, 0.2) is 48.7 Å². The minimum atomic E-state index is 0.656. The van der Waals surface area contributed by atoms with Gasteiger partial charge in [-0.1, -0.05) is 24.1 Å². The molecule has 0 N–H and O–H groups in total. The molecule has 0 radical (unpaired) electrons. The smallest absolute Gasteiger partial charge is 0.150 e. The van der Waals surface area contributed by atoms with Crippen molar-refractivity contribution in [1.82, 2.24) is 4.98 Å². The summed E-state index contributed by atoms with van der Waals surface area (Å²) in [4.78, 5) is 14.5. The van der Waals surface area contributed by atoms with Gasteiger partial charge < -0.3 is 0 Å². The number of hydrogen-bond acceptors (Lipinski definition) is 2. The molecule has 0 aliphatic carbocycles. The van der Waals surface area contributed by atoms with E-state index in [1.807, 2.05) is 30.3 Å². The van der Waals surface area contributed by atoms with E-state index in [9.17, 15) is 4.79 Å². The molecule has 0 fully saturated rings. The highest BCUT2D eigenvalue weighted by Crippen LogP contribution is 2.01. The number of aromatic nitrogens is 1. The van der Waals surface area contributed by atoms with Crippen molar-refractivity contribution >= 4 is 6.29 Å². The number of aldehydes is 1. The standard InChI is InChI=1S/C14H9NO/c16-11-13-6-4-12(5-7-13)8-9-14-3-1-2-10-15-14/h1-7,10-11H. The normalized spacial score (nSPS) is 9.00. The Labute approximate surface area is 94.0 Å². The van der Waals surface area contributed by atoms with Crippen LogP contribution in [0.3, 0.4) is 0 Å². The summed E-state index contributed by atoms with van der Waals surface area (Å²) in [7, 11) is 0. The van der Waals surface area contributed by atoms with Gasteiger partial charge in [0, 0.05) is 17.3 Å². The molecule has 0 saturated heterocycles. The van der Waals surface area contributed by atoms with Crippen molar-refractivity contribution in [3.8, 4) is 11.8 Å². The van der Waals surface area contributed by atoms with E-state index in [4.69, 9.17) is 0 Å². The van der Waals surface area contributed by atoms with Crippen LogP contribution in [0.1, 0.15) is 21.6 Å². The van der Waals surface area contributed by atoms with Crippen LogP contribution in [-0.4, -0.2) is 11.3 Å². The van der Waals surface area contributed by atoms with Crippen molar-refractivity contribution in [2.45, 2.75) is 0 Å². The molecule has 1 aromatic heterocycles. The summed E-state index contributed by atoms with van der Waals surface area (Å²) in [6.45, 7) is 0. The molecule has 0 aliphatic rings. The molecule has 2 rings (SSSR count). The average molecular weight is 207 g/mol. The highest BCUT2D eigenvalue weighted by Gasteiger charge is 1.89. The molecule has 2 aromatic rings. The molecule has 0 spiro atoms. The molecule has 2 heteroatoms. The Bertz CT molecular complexity index is 532. The number of carbonyl (C=O) groups excluding carboxylic acids is 1. The van der Waals surface area contributed by atoms with Crippen LogP contribution in [0, 0.1) is 11.8 Å². The maximum Gasteiger partial charge on any atom is 0.150 e. The van der Waals surface area contributed by atoms with E-state index in [0.29, 0.717) is 5.56 Å². The number of pyridine rings is 1. The molecule has 1 aromatic carbocycles. The molecule has 0 unspecified atom stereocenters. The predicted octanol–water partition coefficient (Wildman–Crippen LogP) is 2.29. The van der Waals surface area contributed by atoms with Crippen molar-refractivity contribution in [2.75, 3.05) is 0 Å². The molecular weight excluding hydrogens is 198 g/mol. The second-order valence-corrected chi connectivity index (χ2v) is 3.20. The Kier molecular flexibility index (Phi) is 3.10. The van der Waals surface area contributed by atoms with Crippen LogP contribution in [0.5, 0.6) is 0 Å². The van der Waals surface area contributed by atoms with Gasteiger partial charge in [-0.05, 0) is 30.2 Å². The first-order valence-corrected chi connectivity index (χ1v) is 4.87. The largest absolute Gasteiger partial charge is 0.298 e. The van der Waals surface area contributed by atoms with E-state index in [1.54, 1.807) is 18.3 Å². The summed E-state index contributed by atoms with van der Waals surface area (Å²) in [5.41, 5.74) is 2.27. The van der Waals surface area contributed by atoms with E-state index in [-0.39, 0.29) is 0 Å². The third-order valence-corrected chi connectivity index (χ3v) is 2.05. The monoisotopic (exact) mass is 207 g/mol. The lowest BCUT2D eigenvalue weighted by Crippen LogP contribution is -1.81. The Morgan fingerprint density at radius 2 is 1.81 bits per heavy atom. The van der Waals surface area contributed by atoms with Crippen molar-refractivity contribution in [2.24, 2.45) is 0 Å². The topological polar surface area (TPSA) is 30.0 Å². The number of hydrogen-bond donors (Lipinski definition) is 0. The average Bonchev–Trinajstić information content (AvgIpc) is 2.38. The third-order valence-electron chi connectivity index (χ3n) is 2.05. The van der Waals surface area contributed by atoms with E-state index >= 15 is 0 Å². The Balaban J connectivity index is 2.21. The lowest BCUT2D eigenvalue weighted by molar-refractivity contribution is 0.112. The van der Waals surface area contributed by atoms with Gasteiger partial charge >= 0.3 is 0 Å². The van der Waals surface area contributed by atoms with Crippen molar-refractivity contribution in [3.63, 3.8) is 0 Å². The lowest BCUT2D eigenvalue weighted by Gasteiger charge is -1.91. The van der Waals surface area contributed by atoms with Crippen LogP contribution >= 0.6 is 0 Å². The summed E-state index contributed by atoms with van der Waals surface area (Å²) in [5, 5.41) is 0. The fraction of sp³-hybridized carbons (Fsp3) is 0. The second-order valence-electron chi connectivity index (χ2n) is 3.20. The molecule has 0 aliphatic heterocycles. The Morgan fingerprint density at radius 3 is 2.44 bits per heavy atom. The lowest BCUT2D eigenvalue weighted by atomic mass is 10.1. The highest BCUT2D eigenvalue weighted by molar-refractivity contribution is 5.74. The molecular formula is C14H9NO. The fourth-order valence-corrected chi connectivity index (χ4v) is 1.22. The van der Waals surface area contributed by atoms with Gasteiger partial charge in [0.25, 0.3) is 0 Å². The third kappa shape index (κ3) is 2.55. The summed E-state index contributed by atoms with van der Waals surface area (Å²) in [5.74, 6) is 5.93. The van der Waals surface area contributed by atoms with Crippen LogP contribution in [0.2, 0.25) is 0 Å². The highest BCUT2D eigenvalue weighted by atomic mass is 16.1. The van der Waals surface area contributed by atoms with Crippen LogP contribution in [-0.2, 0) is 0 Å². The summed E-state index contributed by atoms with van der Waals surface area (Å²) >= 11 is 0. The molecule has 0 amide bonds. The van der Waals surface area contributed by atoms with Gasteiger partial charge in [-0.15, -0.1) is 0 Å². The van der Waals surface area contributed by atoms with Gasteiger partial charge in [-0.3, -0.25) is 4.79 Å². The first kappa shape index (κ1) is 10.1. The van der Waals surface area contributed by atoms with E-state index in [1.165, 1.54) is 0 Å². The van der Waals surface area contributed by atoms with E-state index in [2.05, 4.69) is 16.8 Å². The van der Waals surface area contributed by atoms with Gasteiger partial charge in [0.05, 0.1) is 0 Å². The molecule has 76 valence electrons. The minimum Gasteiger partial charge on any atom is -0.298 e. The molecule has 0 atom stereocenters. The Morgan fingerprint density at radius 1 is 1.00 bits per heavy atom. The number of rotatable bonds is 1. The molecule has 1 heterocycles. The van der Waals surface area contributed by atoms with Gasteiger partial charge in [-0.2, -0.15) is 0 Å². The van der Waals surface area contributed by atoms with Crippen molar-refractivity contribution in [1.29, 1.82) is 0 Å². The quantitative estimate of drug-likeness (QED) is 0.530. The van der Waals surface area contributed by atoms with E-state index < -0.39 is 0 Å². The van der Waals surface area contributed by atoms with Gasteiger partial charge in [0.2, 0.25) is 0 Å². The molecule has 16 heavy (non-hydrogen) atoms. The minimum absolute atomic E-state index is 0.656. The zero-order valence-corrected chi connectivity index (χ0v) is 8.55. The number of carbonyl (C=O) groups is 1. The molecule has 2 nitrogen and oxygen atoms in total. The number of nitrogens with zero attached hydrogens (tertiary/aromatic N) is 1. The zero-order chi connectivity index (χ0) is 11.2. The van der Waals surface area contributed by atoms with Crippen LogP contribution < -0.4 is 0 Å². The molecule has 0 saturated carbocycles. The first-order chi connectivity index (χ1) is 7.88. The van der Waals surface area contributed by atoms with Gasteiger partial charge in [-0.25, -0.2) is 4.98 Å². The maximum atomic E-state index is 10.5. The Hall–Kier alpha value is -2.40. The van der Waals surface area contributed by atoms with Crippen LogP contribution in [0.4, 0.5) is 0 Å². The predicted molar refractivity (Wildman–Crippen MR) is 62.0 cm³/mol. The zero-order valence-electron chi connectivity index (χ0n) is 8.55. The maximum absolute atomic E-state index is 10.5. The summed E-state index contributed by atoms with van der Waals surface area (Å²) in [6.07, 6.45) is 2.52. The summed E-state index contributed by atoms with van der Waals surface area (Å²) in [6, 6.07) is 12.7.